The molecule has 0 radical (unpaired) electrons. The van der Waals surface area contributed by atoms with E-state index in [1.807, 2.05) is 18.2 Å². The van der Waals surface area contributed by atoms with Crippen LogP contribution < -0.4 is 0 Å². The van der Waals surface area contributed by atoms with Gasteiger partial charge >= 0.3 is 0 Å². The predicted octanol–water partition coefficient (Wildman–Crippen LogP) is 4.05. The van der Waals surface area contributed by atoms with Gasteiger partial charge in [-0.05, 0) is 30.3 Å². The lowest BCUT2D eigenvalue weighted by molar-refractivity contribution is 0.0628. The van der Waals surface area contributed by atoms with Crippen LogP contribution in [0.3, 0.4) is 0 Å². The Morgan fingerprint density at radius 3 is 2.65 bits per heavy atom. The molecule has 134 valence electrons. The second kappa shape index (κ2) is 7.31. The van der Waals surface area contributed by atoms with Gasteiger partial charge < -0.3 is 4.90 Å². The Morgan fingerprint density at radius 2 is 1.92 bits per heavy atom. The van der Waals surface area contributed by atoms with Gasteiger partial charge in [-0.1, -0.05) is 23.7 Å². The minimum absolute atomic E-state index is 0.144. The second-order valence-electron chi connectivity index (χ2n) is 6.27. The molecular weight excluding hydrogens is 373 g/mol. The highest BCUT2D eigenvalue weighted by molar-refractivity contribution is 7.18. The Labute approximate surface area is 159 Å². The van der Waals surface area contributed by atoms with Crippen LogP contribution in [0, 0.1) is 5.82 Å². The van der Waals surface area contributed by atoms with E-state index in [1.54, 1.807) is 16.2 Å². The third-order valence-corrected chi connectivity index (χ3v) is 5.85. The van der Waals surface area contributed by atoms with Gasteiger partial charge in [0.1, 0.15) is 10.8 Å². The average molecular weight is 390 g/mol. The number of amides is 1. The zero-order valence-corrected chi connectivity index (χ0v) is 15.6. The molecule has 1 aliphatic rings. The molecule has 0 atom stereocenters. The molecule has 4 rings (SSSR count). The van der Waals surface area contributed by atoms with Crippen molar-refractivity contribution in [2.75, 3.05) is 26.2 Å². The summed E-state index contributed by atoms with van der Waals surface area (Å²) in [4.78, 5) is 21.3. The first-order valence-electron chi connectivity index (χ1n) is 8.41. The molecule has 4 nitrogen and oxygen atoms in total. The van der Waals surface area contributed by atoms with Crippen LogP contribution in [0.4, 0.5) is 4.39 Å². The fraction of sp³-hybridized carbons (Fsp3) is 0.263. The first kappa shape index (κ1) is 17.4. The number of rotatable bonds is 3. The van der Waals surface area contributed by atoms with Crippen molar-refractivity contribution in [2.24, 2.45) is 0 Å². The minimum Gasteiger partial charge on any atom is -0.336 e. The number of piperazine rings is 1. The van der Waals surface area contributed by atoms with Crippen LogP contribution in [0.25, 0.3) is 10.2 Å². The molecule has 26 heavy (non-hydrogen) atoms. The summed E-state index contributed by atoms with van der Waals surface area (Å²) < 4.78 is 14.4. The number of benzene rings is 2. The second-order valence-corrected chi connectivity index (χ2v) is 7.79. The summed E-state index contributed by atoms with van der Waals surface area (Å²) in [7, 11) is 0. The maximum atomic E-state index is 13.2. The van der Waals surface area contributed by atoms with Crippen LogP contribution in [0.15, 0.2) is 42.5 Å². The zero-order chi connectivity index (χ0) is 18.1. The SMILES string of the molecule is O=C(c1ccc(F)cc1Cl)N1CCN(Cc2nc3ccccc3s2)CC1. The quantitative estimate of drug-likeness (QED) is 0.678. The Morgan fingerprint density at radius 1 is 1.15 bits per heavy atom. The molecular formula is C19H17ClFN3OS. The van der Waals surface area contributed by atoms with E-state index in [9.17, 15) is 9.18 Å². The van der Waals surface area contributed by atoms with Gasteiger partial charge in [0.15, 0.2) is 0 Å². The van der Waals surface area contributed by atoms with E-state index in [4.69, 9.17) is 11.6 Å². The van der Waals surface area contributed by atoms with E-state index in [0.29, 0.717) is 18.7 Å². The van der Waals surface area contributed by atoms with Gasteiger partial charge in [-0.15, -0.1) is 11.3 Å². The van der Waals surface area contributed by atoms with Crippen LogP contribution in [-0.4, -0.2) is 46.9 Å². The molecule has 0 aliphatic carbocycles. The van der Waals surface area contributed by atoms with Crippen molar-refractivity contribution in [3.05, 3.63) is 63.9 Å². The molecule has 1 saturated heterocycles. The Bertz CT molecular complexity index is 920. The van der Waals surface area contributed by atoms with Crippen LogP contribution >= 0.6 is 22.9 Å². The fourth-order valence-electron chi connectivity index (χ4n) is 3.12. The molecule has 0 N–H and O–H groups in total. The van der Waals surface area contributed by atoms with Gasteiger partial charge in [-0.25, -0.2) is 9.37 Å². The Balaban J connectivity index is 1.38. The van der Waals surface area contributed by atoms with E-state index in [2.05, 4.69) is 16.0 Å². The number of halogens is 2. The van der Waals surface area contributed by atoms with Crippen molar-refractivity contribution in [1.82, 2.24) is 14.8 Å². The first-order chi connectivity index (χ1) is 12.6. The molecule has 2 aromatic carbocycles. The third kappa shape index (κ3) is 3.58. The highest BCUT2D eigenvalue weighted by Crippen LogP contribution is 2.24. The van der Waals surface area contributed by atoms with E-state index >= 15 is 0 Å². The third-order valence-electron chi connectivity index (χ3n) is 4.52. The van der Waals surface area contributed by atoms with Gasteiger partial charge in [0.25, 0.3) is 5.91 Å². The van der Waals surface area contributed by atoms with Crippen LogP contribution in [0.1, 0.15) is 15.4 Å². The molecule has 1 amide bonds. The molecule has 3 aromatic rings. The lowest BCUT2D eigenvalue weighted by Gasteiger charge is -2.34. The van der Waals surface area contributed by atoms with Crippen LogP contribution in [0.5, 0.6) is 0 Å². The van der Waals surface area contributed by atoms with Gasteiger partial charge in [0, 0.05) is 26.2 Å². The van der Waals surface area contributed by atoms with E-state index < -0.39 is 5.82 Å². The fourth-order valence-corrected chi connectivity index (χ4v) is 4.38. The van der Waals surface area contributed by atoms with Gasteiger partial charge in [-0.3, -0.25) is 9.69 Å². The lowest BCUT2D eigenvalue weighted by Crippen LogP contribution is -2.48. The van der Waals surface area contributed by atoms with Crippen molar-refractivity contribution in [3.63, 3.8) is 0 Å². The summed E-state index contributed by atoms with van der Waals surface area (Å²) in [6.07, 6.45) is 0. The van der Waals surface area contributed by atoms with E-state index in [0.717, 1.165) is 30.2 Å². The number of thiazole rings is 1. The van der Waals surface area contributed by atoms with Crippen LogP contribution in [-0.2, 0) is 6.54 Å². The summed E-state index contributed by atoms with van der Waals surface area (Å²) in [5, 5.41) is 1.25. The maximum absolute atomic E-state index is 13.2. The van der Waals surface area contributed by atoms with E-state index in [1.165, 1.54) is 22.9 Å². The molecule has 1 aromatic heterocycles. The molecule has 1 fully saturated rings. The van der Waals surface area contributed by atoms with Crippen molar-refractivity contribution < 1.29 is 9.18 Å². The molecule has 7 heteroatoms. The smallest absolute Gasteiger partial charge is 0.255 e. The van der Waals surface area contributed by atoms with Gasteiger partial charge in [-0.2, -0.15) is 0 Å². The zero-order valence-electron chi connectivity index (χ0n) is 14.0. The molecule has 2 heterocycles. The number of carbonyl (C=O) groups is 1. The summed E-state index contributed by atoms with van der Waals surface area (Å²) in [5.41, 5.74) is 1.39. The molecule has 0 bridgehead atoms. The Hall–Kier alpha value is -2.02. The topological polar surface area (TPSA) is 36.4 Å². The lowest BCUT2D eigenvalue weighted by atomic mass is 10.1. The summed E-state index contributed by atoms with van der Waals surface area (Å²) in [5.74, 6) is -0.582. The average Bonchev–Trinajstić information content (AvgIpc) is 3.04. The van der Waals surface area contributed by atoms with Gasteiger partial charge in [0.2, 0.25) is 0 Å². The molecule has 1 aliphatic heterocycles. The number of nitrogens with zero attached hydrogens (tertiary/aromatic N) is 3. The normalized spacial score (nSPS) is 15.5. The molecule has 0 saturated carbocycles. The summed E-state index contributed by atoms with van der Waals surface area (Å²) in [6.45, 7) is 3.59. The van der Waals surface area contributed by atoms with Crippen molar-refractivity contribution in [1.29, 1.82) is 0 Å². The summed E-state index contributed by atoms with van der Waals surface area (Å²) >= 11 is 7.73. The van der Waals surface area contributed by atoms with Gasteiger partial charge in [0.05, 0.1) is 27.3 Å². The van der Waals surface area contributed by atoms with Crippen molar-refractivity contribution in [3.8, 4) is 0 Å². The number of hydrogen-bond acceptors (Lipinski definition) is 4. The first-order valence-corrected chi connectivity index (χ1v) is 9.61. The number of aromatic nitrogens is 1. The number of carbonyl (C=O) groups excluding carboxylic acids is 1. The van der Waals surface area contributed by atoms with Crippen LogP contribution in [0.2, 0.25) is 5.02 Å². The van der Waals surface area contributed by atoms with Crippen molar-refractivity contribution in [2.45, 2.75) is 6.54 Å². The molecule has 0 unspecified atom stereocenters. The number of hydrogen-bond donors (Lipinski definition) is 0. The molecule has 0 spiro atoms. The minimum atomic E-state index is -0.438. The Kier molecular flexibility index (Phi) is 4.89. The highest BCUT2D eigenvalue weighted by Gasteiger charge is 2.24. The monoisotopic (exact) mass is 389 g/mol. The predicted molar refractivity (Wildman–Crippen MR) is 102 cm³/mol. The number of para-hydroxylation sites is 1. The number of fused-ring (bicyclic) bond motifs is 1. The summed E-state index contributed by atoms with van der Waals surface area (Å²) in [6, 6.07) is 12.0. The maximum Gasteiger partial charge on any atom is 0.255 e. The van der Waals surface area contributed by atoms with Crippen molar-refractivity contribution >= 4 is 39.1 Å². The largest absolute Gasteiger partial charge is 0.336 e. The van der Waals surface area contributed by atoms with E-state index in [-0.39, 0.29) is 10.9 Å². The standard InChI is InChI=1S/C19H17ClFN3OS/c20-15-11-13(21)5-6-14(15)19(25)24-9-7-23(8-10-24)12-18-22-16-3-1-2-4-17(16)26-18/h1-6,11H,7-10,12H2. The highest BCUT2D eigenvalue weighted by atomic mass is 35.5.